The Balaban J connectivity index is 1.11. The highest BCUT2D eigenvalue weighted by atomic mass is 16.7. The number of aliphatic hydroxyl groups is 1. The predicted molar refractivity (Wildman–Crippen MR) is 183 cm³/mol. The van der Waals surface area contributed by atoms with Crippen molar-refractivity contribution >= 4 is 11.8 Å². The van der Waals surface area contributed by atoms with Crippen molar-refractivity contribution in [2.75, 3.05) is 6.54 Å². The molecular weight excluding hydrogens is 600 g/mol. The fourth-order valence-electron chi connectivity index (χ4n) is 6.53. The fraction of sp³-hybridized carbons (Fsp3) is 0.220. The summed E-state index contributed by atoms with van der Waals surface area (Å²) in [5, 5.41) is 9.60. The van der Waals surface area contributed by atoms with Crippen LogP contribution >= 0.6 is 0 Å². The van der Waals surface area contributed by atoms with Gasteiger partial charge in [-0.25, -0.2) is 0 Å². The maximum atomic E-state index is 12.9. The molecular formula is C41H38N2O5. The molecule has 0 aromatic heterocycles. The molecule has 0 bridgehead atoms. The lowest BCUT2D eigenvalue weighted by Gasteiger charge is -2.38. The van der Waals surface area contributed by atoms with Gasteiger partial charge >= 0.3 is 0 Å². The van der Waals surface area contributed by atoms with Crippen molar-refractivity contribution in [3.63, 3.8) is 0 Å². The number of benzene rings is 5. The summed E-state index contributed by atoms with van der Waals surface area (Å²) in [5.41, 5.74) is 6.95. The molecule has 7 heteroatoms. The molecule has 1 N–H and O–H groups in total. The SMILES string of the molecule is O=C1c2ccccc2C(=O)N1Cc1ccc([C@H]2O[C@@H](CN(Cc3ccccc3)Cc3ccccc3)C[C@@H](c3ccc(CO)cc3)O2)cc1. The monoisotopic (exact) mass is 638 g/mol. The van der Waals surface area contributed by atoms with Crippen LogP contribution in [0.25, 0.3) is 0 Å². The Morgan fingerprint density at radius 1 is 0.604 bits per heavy atom. The number of nitrogens with zero attached hydrogens (tertiary/aromatic N) is 2. The first-order chi connectivity index (χ1) is 23.5. The first-order valence-corrected chi connectivity index (χ1v) is 16.4. The topological polar surface area (TPSA) is 79.3 Å². The second kappa shape index (κ2) is 14.5. The zero-order valence-electron chi connectivity index (χ0n) is 26.7. The van der Waals surface area contributed by atoms with Gasteiger partial charge in [0.1, 0.15) is 0 Å². The molecule has 242 valence electrons. The van der Waals surface area contributed by atoms with Gasteiger partial charge in [-0.05, 0) is 39.9 Å². The Labute approximate surface area is 281 Å². The first-order valence-electron chi connectivity index (χ1n) is 16.4. The summed E-state index contributed by atoms with van der Waals surface area (Å²) < 4.78 is 13.3. The molecule has 2 heterocycles. The number of hydrogen-bond donors (Lipinski definition) is 1. The Morgan fingerprint density at radius 3 is 1.69 bits per heavy atom. The van der Waals surface area contributed by atoms with Crippen LogP contribution in [-0.4, -0.2) is 39.4 Å². The minimum atomic E-state index is -0.616. The maximum absolute atomic E-state index is 12.9. The number of fused-ring (bicyclic) bond motifs is 1. The second-order valence-electron chi connectivity index (χ2n) is 12.5. The van der Waals surface area contributed by atoms with Crippen LogP contribution in [-0.2, 0) is 35.7 Å². The lowest BCUT2D eigenvalue weighted by molar-refractivity contribution is -0.253. The molecule has 1 fully saturated rings. The van der Waals surface area contributed by atoms with Crippen LogP contribution < -0.4 is 0 Å². The standard InChI is InChI=1S/C41H38N2O5/c44-28-32-17-19-33(20-18-32)38-23-35(27-42(24-29-9-3-1-4-10-29)25-30-11-5-2-6-12-30)47-41(48-38)34-21-15-31(16-22-34)26-43-39(45)36-13-7-8-14-37(36)40(43)46/h1-22,35,38,41,44H,23-28H2/t35-,38+,41+/m1/s1. The van der Waals surface area contributed by atoms with Gasteiger partial charge in [0, 0.05) is 31.6 Å². The third kappa shape index (κ3) is 7.15. The van der Waals surface area contributed by atoms with Crippen LogP contribution in [0.3, 0.4) is 0 Å². The van der Waals surface area contributed by atoms with Gasteiger partial charge in [0.15, 0.2) is 6.29 Å². The van der Waals surface area contributed by atoms with E-state index in [9.17, 15) is 14.7 Å². The van der Waals surface area contributed by atoms with Gasteiger partial charge in [0.05, 0.1) is 36.5 Å². The van der Waals surface area contributed by atoms with Crippen molar-refractivity contribution in [2.45, 2.75) is 51.2 Å². The Morgan fingerprint density at radius 2 is 1.12 bits per heavy atom. The van der Waals surface area contributed by atoms with E-state index in [2.05, 4.69) is 53.4 Å². The van der Waals surface area contributed by atoms with Crippen molar-refractivity contribution in [3.8, 4) is 0 Å². The van der Waals surface area contributed by atoms with Crippen LogP contribution in [0.1, 0.15) is 72.9 Å². The van der Waals surface area contributed by atoms with Crippen molar-refractivity contribution in [2.24, 2.45) is 0 Å². The van der Waals surface area contributed by atoms with Gasteiger partial charge in [0.25, 0.3) is 11.8 Å². The molecule has 7 rings (SSSR count). The van der Waals surface area contributed by atoms with Crippen molar-refractivity contribution in [1.29, 1.82) is 0 Å². The van der Waals surface area contributed by atoms with Crippen molar-refractivity contribution < 1.29 is 24.2 Å². The smallest absolute Gasteiger partial charge is 0.261 e. The zero-order valence-corrected chi connectivity index (χ0v) is 26.7. The summed E-state index contributed by atoms with van der Waals surface area (Å²) in [6, 6.07) is 43.6. The summed E-state index contributed by atoms with van der Waals surface area (Å²) in [5.74, 6) is -0.542. The van der Waals surface area contributed by atoms with E-state index in [0.29, 0.717) is 24.1 Å². The molecule has 2 aliphatic heterocycles. The Hall–Kier alpha value is -4.92. The molecule has 0 saturated carbocycles. The largest absolute Gasteiger partial charge is 0.392 e. The molecule has 0 unspecified atom stereocenters. The highest BCUT2D eigenvalue weighted by molar-refractivity contribution is 6.21. The molecule has 1 saturated heterocycles. The number of carbonyl (C=O) groups excluding carboxylic acids is 2. The zero-order chi connectivity index (χ0) is 32.9. The summed E-state index contributed by atoms with van der Waals surface area (Å²) in [7, 11) is 0. The molecule has 2 amide bonds. The van der Waals surface area contributed by atoms with E-state index < -0.39 is 6.29 Å². The van der Waals surface area contributed by atoms with Crippen LogP contribution in [0, 0.1) is 0 Å². The first kappa shape index (κ1) is 31.7. The molecule has 3 atom stereocenters. The van der Waals surface area contributed by atoms with E-state index in [1.54, 1.807) is 24.3 Å². The van der Waals surface area contributed by atoms with E-state index in [1.165, 1.54) is 16.0 Å². The number of imide groups is 1. The summed E-state index contributed by atoms with van der Waals surface area (Å²) in [6.45, 7) is 2.44. The molecule has 7 nitrogen and oxygen atoms in total. The fourth-order valence-corrected chi connectivity index (χ4v) is 6.53. The molecule has 5 aromatic carbocycles. The highest BCUT2D eigenvalue weighted by Crippen LogP contribution is 2.38. The number of carbonyl (C=O) groups is 2. The van der Waals surface area contributed by atoms with Crippen LogP contribution in [0.15, 0.2) is 133 Å². The second-order valence-corrected chi connectivity index (χ2v) is 12.5. The van der Waals surface area contributed by atoms with Crippen LogP contribution in [0.5, 0.6) is 0 Å². The quantitative estimate of drug-likeness (QED) is 0.154. The van der Waals surface area contributed by atoms with Crippen molar-refractivity contribution in [3.05, 3.63) is 178 Å². The number of amides is 2. The number of aliphatic hydroxyl groups excluding tert-OH is 1. The summed E-state index contributed by atoms with van der Waals surface area (Å²) in [6.07, 6.45) is -0.283. The highest BCUT2D eigenvalue weighted by Gasteiger charge is 2.36. The molecule has 2 aliphatic rings. The lowest BCUT2D eigenvalue weighted by Crippen LogP contribution is -2.39. The average molecular weight is 639 g/mol. The van der Waals surface area contributed by atoms with Crippen LogP contribution in [0.2, 0.25) is 0 Å². The van der Waals surface area contributed by atoms with Gasteiger partial charge in [-0.1, -0.05) is 121 Å². The number of ether oxygens (including phenoxy) is 2. The van der Waals surface area contributed by atoms with Crippen molar-refractivity contribution in [1.82, 2.24) is 9.80 Å². The van der Waals surface area contributed by atoms with E-state index in [4.69, 9.17) is 9.47 Å². The minimum absolute atomic E-state index is 0.0127. The summed E-state index contributed by atoms with van der Waals surface area (Å²) >= 11 is 0. The van der Waals surface area contributed by atoms with Gasteiger partial charge < -0.3 is 14.6 Å². The van der Waals surface area contributed by atoms with E-state index in [0.717, 1.165) is 35.3 Å². The number of hydrogen-bond acceptors (Lipinski definition) is 6. The third-order valence-electron chi connectivity index (χ3n) is 9.05. The van der Waals surface area contributed by atoms with E-state index in [1.807, 2.05) is 60.7 Å². The maximum Gasteiger partial charge on any atom is 0.261 e. The van der Waals surface area contributed by atoms with Crippen LogP contribution in [0.4, 0.5) is 0 Å². The number of rotatable bonds is 11. The van der Waals surface area contributed by atoms with Gasteiger partial charge in [0.2, 0.25) is 0 Å². The average Bonchev–Trinajstić information content (AvgIpc) is 3.37. The Bertz CT molecular complexity index is 1770. The molecule has 48 heavy (non-hydrogen) atoms. The van der Waals surface area contributed by atoms with Gasteiger partial charge in [-0.2, -0.15) is 0 Å². The van der Waals surface area contributed by atoms with E-state index >= 15 is 0 Å². The van der Waals surface area contributed by atoms with Gasteiger partial charge in [-0.15, -0.1) is 0 Å². The predicted octanol–water partition coefficient (Wildman–Crippen LogP) is 7.22. The lowest BCUT2D eigenvalue weighted by atomic mass is 9.99. The van der Waals surface area contributed by atoms with E-state index in [-0.39, 0.29) is 37.2 Å². The molecule has 5 aromatic rings. The normalized spacial score (nSPS) is 19.1. The molecule has 0 radical (unpaired) electrons. The molecule has 0 aliphatic carbocycles. The Kier molecular flexibility index (Phi) is 9.54. The van der Waals surface area contributed by atoms with Gasteiger partial charge in [-0.3, -0.25) is 19.4 Å². The third-order valence-corrected chi connectivity index (χ3v) is 9.05. The summed E-state index contributed by atoms with van der Waals surface area (Å²) in [4.78, 5) is 29.6. The molecule has 0 spiro atoms. The minimum Gasteiger partial charge on any atom is -0.392 e.